The third-order valence-corrected chi connectivity index (χ3v) is 6.56. The van der Waals surface area contributed by atoms with Crippen LogP contribution < -0.4 is 24.2 Å². The van der Waals surface area contributed by atoms with Crippen molar-refractivity contribution in [1.29, 1.82) is 0 Å². The number of anilines is 1. The van der Waals surface area contributed by atoms with Gasteiger partial charge in [0, 0.05) is 5.69 Å². The molecule has 0 saturated carbocycles. The van der Waals surface area contributed by atoms with Gasteiger partial charge in [0.15, 0.2) is 18.1 Å². The number of nitrogens with one attached hydrogen (secondary N) is 2. The van der Waals surface area contributed by atoms with Crippen LogP contribution in [0.3, 0.4) is 0 Å². The van der Waals surface area contributed by atoms with Gasteiger partial charge < -0.3 is 19.5 Å². The second-order valence-corrected chi connectivity index (χ2v) is 9.35. The molecule has 0 unspecified atom stereocenters. The maximum Gasteiger partial charge on any atom is 0.261 e. The van der Waals surface area contributed by atoms with Crippen molar-refractivity contribution in [3.05, 3.63) is 77.3 Å². The van der Waals surface area contributed by atoms with E-state index < -0.39 is 10.0 Å². The predicted molar refractivity (Wildman–Crippen MR) is 130 cm³/mol. The van der Waals surface area contributed by atoms with Crippen LogP contribution in [0, 0.1) is 0 Å². The SMILES string of the molecule is COc1ccc([C@H](C)NC(=O)COc2ccc(S(=O)(=O)Nc3ccccc3)cc2Cl)cc1OC. The number of sulfonamides is 1. The summed E-state index contributed by atoms with van der Waals surface area (Å²) in [5.41, 5.74) is 1.25. The Morgan fingerprint density at radius 2 is 1.62 bits per heavy atom. The Morgan fingerprint density at radius 3 is 2.26 bits per heavy atom. The summed E-state index contributed by atoms with van der Waals surface area (Å²) in [6, 6.07) is 17.6. The molecule has 0 fully saturated rings. The molecule has 8 nitrogen and oxygen atoms in total. The van der Waals surface area contributed by atoms with Crippen molar-refractivity contribution in [3.63, 3.8) is 0 Å². The number of hydrogen-bond acceptors (Lipinski definition) is 6. The smallest absolute Gasteiger partial charge is 0.261 e. The molecule has 3 aromatic carbocycles. The molecule has 0 bridgehead atoms. The van der Waals surface area contributed by atoms with Crippen LogP contribution in [-0.2, 0) is 14.8 Å². The van der Waals surface area contributed by atoms with Gasteiger partial charge in [-0.05, 0) is 55.0 Å². The third-order valence-electron chi connectivity index (χ3n) is 4.88. The highest BCUT2D eigenvalue weighted by molar-refractivity contribution is 7.92. The molecule has 0 heterocycles. The molecule has 0 aromatic heterocycles. The first-order valence-electron chi connectivity index (χ1n) is 10.2. The lowest BCUT2D eigenvalue weighted by atomic mass is 10.1. The van der Waals surface area contributed by atoms with Crippen LogP contribution >= 0.6 is 11.6 Å². The lowest BCUT2D eigenvalue weighted by Gasteiger charge is -2.17. The molecule has 1 atom stereocenters. The van der Waals surface area contributed by atoms with Crippen molar-refractivity contribution in [2.24, 2.45) is 0 Å². The summed E-state index contributed by atoms with van der Waals surface area (Å²) in [6.07, 6.45) is 0. The Kier molecular flexibility index (Phi) is 8.25. The fraction of sp³-hybridized carbons (Fsp3) is 0.208. The first-order valence-corrected chi connectivity index (χ1v) is 12.1. The highest BCUT2D eigenvalue weighted by Crippen LogP contribution is 2.30. The van der Waals surface area contributed by atoms with E-state index in [0.717, 1.165) is 5.56 Å². The van der Waals surface area contributed by atoms with E-state index in [4.69, 9.17) is 25.8 Å². The van der Waals surface area contributed by atoms with Crippen molar-refractivity contribution >= 4 is 33.2 Å². The van der Waals surface area contributed by atoms with Crippen molar-refractivity contribution in [2.75, 3.05) is 25.5 Å². The molecule has 0 aliphatic heterocycles. The molecule has 1 amide bonds. The molecule has 0 radical (unpaired) electrons. The Balaban J connectivity index is 1.60. The Morgan fingerprint density at radius 1 is 0.941 bits per heavy atom. The van der Waals surface area contributed by atoms with Gasteiger partial charge in [0.05, 0.1) is 30.2 Å². The van der Waals surface area contributed by atoms with Crippen molar-refractivity contribution in [1.82, 2.24) is 5.32 Å². The number of benzene rings is 3. The molecule has 0 aliphatic rings. The molecule has 10 heteroatoms. The van der Waals surface area contributed by atoms with Crippen LogP contribution in [-0.4, -0.2) is 35.2 Å². The molecule has 3 aromatic rings. The Bertz CT molecular complexity index is 1250. The first-order chi connectivity index (χ1) is 16.2. The van der Waals surface area contributed by atoms with E-state index in [1.54, 1.807) is 49.6 Å². The van der Waals surface area contributed by atoms with Crippen LogP contribution in [0.2, 0.25) is 5.02 Å². The normalized spacial score (nSPS) is 11.9. The second-order valence-electron chi connectivity index (χ2n) is 7.26. The molecule has 0 aliphatic carbocycles. The van der Waals surface area contributed by atoms with Gasteiger partial charge >= 0.3 is 0 Å². The summed E-state index contributed by atoms with van der Waals surface area (Å²) in [7, 11) is -0.743. The van der Waals surface area contributed by atoms with E-state index in [0.29, 0.717) is 17.2 Å². The van der Waals surface area contributed by atoms with E-state index in [9.17, 15) is 13.2 Å². The van der Waals surface area contributed by atoms with Crippen molar-refractivity contribution in [2.45, 2.75) is 17.9 Å². The lowest BCUT2D eigenvalue weighted by molar-refractivity contribution is -0.123. The molecular formula is C24H25ClN2O6S. The molecule has 2 N–H and O–H groups in total. The maximum absolute atomic E-state index is 12.6. The standard InChI is InChI=1S/C24H25ClN2O6S/c1-16(17-9-11-22(31-2)23(13-17)32-3)26-24(28)15-33-21-12-10-19(14-20(21)25)34(29,30)27-18-7-5-4-6-8-18/h4-14,16,27H,15H2,1-3H3,(H,26,28)/t16-/m0/s1. The quantitative estimate of drug-likeness (QED) is 0.424. The topological polar surface area (TPSA) is 103 Å². The zero-order valence-corrected chi connectivity index (χ0v) is 20.4. The molecule has 0 spiro atoms. The van der Waals surface area contributed by atoms with E-state index >= 15 is 0 Å². The summed E-state index contributed by atoms with van der Waals surface area (Å²) >= 11 is 6.21. The van der Waals surface area contributed by atoms with Gasteiger partial charge in [-0.1, -0.05) is 35.9 Å². The van der Waals surface area contributed by atoms with Crippen LogP contribution in [0.4, 0.5) is 5.69 Å². The predicted octanol–water partition coefficient (Wildman–Crippen LogP) is 4.41. The molecule has 0 saturated heterocycles. The summed E-state index contributed by atoms with van der Waals surface area (Å²) in [4.78, 5) is 12.3. The van der Waals surface area contributed by atoms with Gasteiger partial charge in [-0.15, -0.1) is 0 Å². The third kappa shape index (κ3) is 6.33. The number of halogens is 1. The van der Waals surface area contributed by atoms with Crippen molar-refractivity contribution < 1.29 is 27.4 Å². The number of hydrogen-bond donors (Lipinski definition) is 2. The molecule has 180 valence electrons. The van der Waals surface area contributed by atoms with Gasteiger partial charge in [0.2, 0.25) is 0 Å². The Hall–Kier alpha value is -3.43. The van der Waals surface area contributed by atoms with Crippen LogP contribution in [0.15, 0.2) is 71.6 Å². The summed E-state index contributed by atoms with van der Waals surface area (Å²) in [5, 5.41) is 2.89. The zero-order chi connectivity index (χ0) is 24.7. The van der Waals surface area contributed by atoms with Crippen LogP contribution in [0.1, 0.15) is 18.5 Å². The number of carbonyl (C=O) groups is 1. The van der Waals surface area contributed by atoms with Gasteiger partial charge in [-0.3, -0.25) is 9.52 Å². The highest BCUT2D eigenvalue weighted by atomic mass is 35.5. The number of rotatable bonds is 10. The van der Waals surface area contributed by atoms with Gasteiger partial charge in [-0.2, -0.15) is 0 Å². The van der Waals surface area contributed by atoms with Gasteiger partial charge in [0.25, 0.3) is 15.9 Å². The van der Waals surface area contributed by atoms with Gasteiger partial charge in [-0.25, -0.2) is 8.42 Å². The lowest BCUT2D eigenvalue weighted by Crippen LogP contribution is -2.31. The monoisotopic (exact) mass is 504 g/mol. The molecule has 3 rings (SSSR count). The Labute approximate surface area is 203 Å². The highest BCUT2D eigenvalue weighted by Gasteiger charge is 2.18. The minimum atomic E-state index is -3.83. The van der Waals surface area contributed by atoms with E-state index in [1.165, 1.54) is 25.3 Å². The summed E-state index contributed by atoms with van der Waals surface area (Å²) < 4.78 is 43.7. The van der Waals surface area contributed by atoms with Crippen LogP contribution in [0.5, 0.6) is 17.2 Å². The number of para-hydroxylation sites is 1. The maximum atomic E-state index is 12.6. The fourth-order valence-corrected chi connectivity index (χ4v) is 4.50. The second kappa shape index (κ2) is 11.1. The van der Waals surface area contributed by atoms with E-state index in [-0.39, 0.29) is 34.2 Å². The molecule has 34 heavy (non-hydrogen) atoms. The number of methoxy groups -OCH3 is 2. The van der Waals surface area contributed by atoms with Crippen molar-refractivity contribution in [3.8, 4) is 17.2 Å². The minimum absolute atomic E-state index is 0.0276. The minimum Gasteiger partial charge on any atom is -0.493 e. The summed E-state index contributed by atoms with van der Waals surface area (Å²) in [6.45, 7) is 1.53. The number of carbonyl (C=O) groups excluding carboxylic acids is 1. The zero-order valence-electron chi connectivity index (χ0n) is 18.9. The van der Waals surface area contributed by atoms with Crippen LogP contribution in [0.25, 0.3) is 0 Å². The van der Waals surface area contributed by atoms with E-state index in [1.807, 2.05) is 13.0 Å². The fourth-order valence-electron chi connectivity index (χ4n) is 3.12. The first kappa shape index (κ1) is 25.2. The number of ether oxygens (including phenoxy) is 3. The largest absolute Gasteiger partial charge is 0.493 e. The molecular weight excluding hydrogens is 480 g/mol. The van der Waals surface area contributed by atoms with E-state index in [2.05, 4.69) is 10.0 Å². The average Bonchev–Trinajstić information content (AvgIpc) is 2.83. The summed E-state index contributed by atoms with van der Waals surface area (Å²) in [5.74, 6) is 0.961. The average molecular weight is 505 g/mol. The number of amides is 1. The van der Waals surface area contributed by atoms with Gasteiger partial charge in [0.1, 0.15) is 5.75 Å².